The first kappa shape index (κ1) is 20.0. The first-order valence-corrected chi connectivity index (χ1v) is 11.0. The van der Waals surface area contributed by atoms with Crippen molar-refractivity contribution in [1.29, 1.82) is 0 Å². The number of thiazole rings is 1. The lowest BCUT2D eigenvalue weighted by molar-refractivity contribution is 0.0363. The summed E-state index contributed by atoms with van der Waals surface area (Å²) in [6, 6.07) is 15.1. The number of halogens is 1. The summed E-state index contributed by atoms with van der Waals surface area (Å²) in [5.74, 6) is -0.218. The van der Waals surface area contributed by atoms with Crippen molar-refractivity contribution in [2.24, 2.45) is 4.99 Å². The number of aryl methyl sites for hydroxylation is 1. The molecule has 0 bridgehead atoms. The predicted octanol–water partition coefficient (Wildman–Crippen LogP) is 4.48. The number of rotatable bonds is 6. The van der Waals surface area contributed by atoms with Crippen molar-refractivity contribution in [2.45, 2.75) is 19.9 Å². The minimum Gasteiger partial charge on any atom is -0.379 e. The topological polar surface area (TPSA) is 29.8 Å². The highest BCUT2D eigenvalue weighted by Gasteiger charge is 2.13. The van der Waals surface area contributed by atoms with E-state index in [2.05, 4.69) is 46.0 Å². The smallest absolute Gasteiger partial charge is 0.190 e. The Hall–Kier alpha value is -2.28. The van der Waals surface area contributed by atoms with Crippen molar-refractivity contribution in [3.05, 3.63) is 70.1 Å². The van der Waals surface area contributed by atoms with Crippen molar-refractivity contribution < 1.29 is 9.13 Å². The summed E-state index contributed by atoms with van der Waals surface area (Å²) in [5.41, 5.74) is 4.34. The largest absolute Gasteiger partial charge is 0.379 e. The molecule has 4 rings (SSSR count). The molecule has 1 fully saturated rings. The normalized spacial score (nSPS) is 15.7. The van der Waals surface area contributed by atoms with Gasteiger partial charge in [-0.15, -0.1) is 11.3 Å². The molecule has 1 saturated heterocycles. The lowest BCUT2D eigenvalue weighted by Crippen LogP contribution is -2.39. The Bertz CT molecular complexity index is 986. The van der Waals surface area contributed by atoms with Gasteiger partial charge >= 0.3 is 0 Å². The number of nitrogens with zero attached hydrogens (tertiary/aromatic N) is 3. The molecule has 0 amide bonds. The van der Waals surface area contributed by atoms with E-state index >= 15 is 0 Å². The van der Waals surface area contributed by atoms with E-state index in [4.69, 9.17) is 9.73 Å². The van der Waals surface area contributed by atoms with Gasteiger partial charge in [0.15, 0.2) is 4.80 Å². The Morgan fingerprint density at radius 3 is 2.41 bits per heavy atom. The highest BCUT2D eigenvalue weighted by atomic mass is 32.1. The van der Waals surface area contributed by atoms with Crippen LogP contribution in [-0.2, 0) is 17.7 Å². The SMILES string of the molecule is CCc1ccc(N=c2scc(-c3ccc(F)cc3)n2CCN2CCOCC2)cc1. The Labute approximate surface area is 174 Å². The molecule has 2 aromatic carbocycles. The molecule has 6 heteroatoms. The van der Waals surface area contributed by atoms with Gasteiger partial charge in [0.25, 0.3) is 0 Å². The van der Waals surface area contributed by atoms with Gasteiger partial charge in [0.1, 0.15) is 5.82 Å². The average Bonchev–Trinajstić information content (AvgIpc) is 3.16. The van der Waals surface area contributed by atoms with Crippen LogP contribution in [0.1, 0.15) is 12.5 Å². The summed E-state index contributed by atoms with van der Waals surface area (Å²) < 4.78 is 21.1. The van der Waals surface area contributed by atoms with Crippen LogP contribution in [0.2, 0.25) is 0 Å². The van der Waals surface area contributed by atoms with Crippen LogP contribution in [0.25, 0.3) is 11.3 Å². The Kier molecular flexibility index (Phi) is 6.54. The van der Waals surface area contributed by atoms with E-state index in [1.165, 1.54) is 17.7 Å². The molecule has 2 heterocycles. The van der Waals surface area contributed by atoms with Crippen LogP contribution in [0.5, 0.6) is 0 Å². The molecule has 0 saturated carbocycles. The molecule has 0 N–H and O–H groups in total. The molecule has 1 aromatic heterocycles. The quantitative estimate of drug-likeness (QED) is 0.598. The Morgan fingerprint density at radius 2 is 1.72 bits per heavy atom. The minimum absolute atomic E-state index is 0.218. The molecule has 1 aliphatic heterocycles. The van der Waals surface area contributed by atoms with E-state index in [-0.39, 0.29) is 5.82 Å². The lowest BCUT2D eigenvalue weighted by atomic mass is 10.1. The zero-order valence-electron chi connectivity index (χ0n) is 16.7. The molecule has 0 aliphatic carbocycles. The molecule has 29 heavy (non-hydrogen) atoms. The molecule has 152 valence electrons. The van der Waals surface area contributed by atoms with Gasteiger partial charge in [-0.1, -0.05) is 19.1 Å². The van der Waals surface area contributed by atoms with Crippen molar-refractivity contribution in [3.8, 4) is 11.3 Å². The summed E-state index contributed by atoms with van der Waals surface area (Å²) in [5, 5.41) is 2.12. The van der Waals surface area contributed by atoms with Crippen LogP contribution in [-0.4, -0.2) is 42.3 Å². The minimum atomic E-state index is -0.218. The van der Waals surface area contributed by atoms with Crippen molar-refractivity contribution in [1.82, 2.24) is 9.47 Å². The molecular formula is C23H26FN3OS. The van der Waals surface area contributed by atoms with Crippen molar-refractivity contribution in [2.75, 3.05) is 32.8 Å². The third kappa shape index (κ3) is 5.01. The second kappa shape index (κ2) is 9.48. The van der Waals surface area contributed by atoms with Gasteiger partial charge in [-0.05, 0) is 53.9 Å². The number of hydrogen-bond donors (Lipinski definition) is 0. The maximum absolute atomic E-state index is 13.4. The van der Waals surface area contributed by atoms with E-state index < -0.39 is 0 Å². The number of morpholine rings is 1. The monoisotopic (exact) mass is 411 g/mol. The van der Waals surface area contributed by atoms with Gasteiger partial charge in [0.05, 0.1) is 24.6 Å². The van der Waals surface area contributed by atoms with Gasteiger partial charge in [-0.2, -0.15) is 0 Å². The average molecular weight is 412 g/mol. The molecule has 1 aliphatic rings. The zero-order valence-corrected chi connectivity index (χ0v) is 17.5. The van der Waals surface area contributed by atoms with E-state index in [1.807, 2.05) is 12.1 Å². The predicted molar refractivity (Wildman–Crippen MR) is 116 cm³/mol. The third-order valence-corrected chi connectivity index (χ3v) is 6.11. The third-order valence-electron chi connectivity index (χ3n) is 5.25. The van der Waals surface area contributed by atoms with Crippen LogP contribution in [0.3, 0.4) is 0 Å². The van der Waals surface area contributed by atoms with Gasteiger partial charge in [-0.25, -0.2) is 9.38 Å². The highest BCUT2D eigenvalue weighted by Crippen LogP contribution is 2.22. The summed E-state index contributed by atoms with van der Waals surface area (Å²) >= 11 is 1.63. The van der Waals surface area contributed by atoms with Crippen LogP contribution in [0, 0.1) is 5.82 Å². The number of aromatic nitrogens is 1. The van der Waals surface area contributed by atoms with E-state index in [0.717, 1.165) is 67.6 Å². The summed E-state index contributed by atoms with van der Waals surface area (Å²) in [4.78, 5) is 8.29. The lowest BCUT2D eigenvalue weighted by Gasteiger charge is -2.26. The summed E-state index contributed by atoms with van der Waals surface area (Å²) in [6.07, 6.45) is 1.02. The second-order valence-corrected chi connectivity index (χ2v) is 7.98. The van der Waals surface area contributed by atoms with Crippen LogP contribution >= 0.6 is 11.3 Å². The fourth-order valence-electron chi connectivity index (χ4n) is 3.47. The standard InChI is InChI=1S/C23H26FN3OS/c1-2-18-3-9-21(10-4-18)25-23-27(12-11-26-13-15-28-16-14-26)22(17-29-23)19-5-7-20(24)8-6-19/h3-10,17H,2,11-16H2,1H3. The van der Waals surface area contributed by atoms with Gasteiger partial charge < -0.3 is 9.30 Å². The Morgan fingerprint density at radius 1 is 1.00 bits per heavy atom. The van der Waals surface area contributed by atoms with E-state index in [1.54, 1.807) is 11.3 Å². The number of hydrogen-bond acceptors (Lipinski definition) is 4. The zero-order chi connectivity index (χ0) is 20.1. The summed E-state index contributed by atoms with van der Waals surface area (Å²) in [6.45, 7) is 7.43. The van der Waals surface area contributed by atoms with Crippen LogP contribution < -0.4 is 4.80 Å². The van der Waals surface area contributed by atoms with Crippen molar-refractivity contribution >= 4 is 17.0 Å². The molecule has 0 unspecified atom stereocenters. The maximum atomic E-state index is 13.4. The fraction of sp³-hybridized carbons (Fsp3) is 0.348. The molecule has 3 aromatic rings. The van der Waals surface area contributed by atoms with E-state index in [9.17, 15) is 4.39 Å². The molecule has 0 atom stereocenters. The van der Waals surface area contributed by atoms with Crippen molar-refractivity contribution in [3.63, 3.8) is 0 Å². The van der Waals surface area contributed by atoms with Gasteiger partial charge in [-0.3, -0.25) is 4.90 Å². The fourth-order valence-corrected chi connectivity index (χ4v) is 4.42. The molecule has 4 nitrogen and oxygen atoms in total. The molecule has 0 radical (unpaired) electrons. The van der Waals surface area contributed by atoms with E-state index in [0.29, 0.717) is 0 Å². The van der Waals surface area contributed by atoms with Crippen LogP contribution in [0.15, 0.2) is 58.9 Å². The highest BCUT2D eigenvalue weighted by molar-refractivity contribution is 7.07. The summed E-state index contributed by atoms with van der Waals surface area (Å²) in [7, 11) is 0. The number of benzene rings is 2. The van der Waals surface area contributed by atoms with Gasteiger partial charge in [0, 0.05) is 31.6 Å². The Balaban J connectivity index is 1.67. The second-order valence-electron chi connectivity index (χ2n) is 7.15. The molecular weight excluding hydrogens is 385 g/mol. The maximum Gasteiger partial charge on any atom is 0.190 e. The van der Waals surface area contributed by atoms with Gasteiger partial charge in [0.2, 0.25) is 0 Å². The first-order chi connectivity index (χ1) is 14.2. The molecule has 0 spiro atoms. The first-order valence-electron chi connectivity index (χ1n) is 10.1. The van der Waals surface area contributed by atoms with Crippen LogP contribution in [0.4, 0.5) is 10.1 Å². The number of ether oxygens (including phenoxy) is 1.